The van der Waals surface area contributed by atoms with Crippen molar-refractivity contribution >= 4 is 29.1 Å². The smallest absolute Gasteiger partial charge is 0.308 e. The maximum absolute atomic E-state index is 11.6. The van der Waals surface area contributed by atoms with Crippen LogP contribution in [0.3, 0.4) is 0 Å². The van der Waals surface area contributed by atoms with Crippen LogP contribution in [0.5, 0.6) is 11.5 Å². The summed E-state index contributed by atoms with van der Waals surface area (Å²) in [5.74, 6) is 0.939. The number of amidine groups is 1. The van der Waals surface area contributed by atoms with Gasteiger partial charge in [-0.2, -0.15) is 0 Å². The summed E-state index contributed by atoms with van der Waals surface area (Å²) in [5, 5.41) is 13.5. The number of fused-ring (bicyclic) bond motifs is 2. The second kappa shape index (κ2) is 7.81. The number of aliphatic carboxylic acids is 1. The molecule has 1 fully saturated rings. The molecular weight excluding hydrogens is 378 g/mol. The first-order chi connectivity index (χ1) is 13.6. The van der Waals surface area contributed by atoms with E-state index in [1.54, 1.807) is 12.1 Å². The lowest BCUT2D eigenvalue weighted by molar-refractivity contribution is -0.143. The van der Waals surface area contributed by atoms with E-state index in [4.69, 9.17) is 21.3 Å². The van der Waals surface area contributed by atoms with Gasteiger partial charge in [0, 0.05) is 30.7 Å². The van der Waals surface area contributed by atoms with Gasteiger partial charge in [-0.15, -0.1) is 0 Å². The van der Waals surface area contributed by atoms with Gasteiger partial charge in [0.25, 0.3) is 0 Å². The third-order valence-corrected chi connectivity index (χ3v) is 5.48. The summed E-state index contributed by atoms with van der Waals surface area (Å²) in [4.78, 5) is 18.7. The largest absolute Gasteiger partial charge is 0.481 e. The number of halogens is 1. The SMILES string of the molecule is CC[C@@H](C(=O)O)[C@H]1CN(C2=Nc3cc(Cl)ccc3Oc3ccccc32)CCN1. The molecule has 0 aliphatic carbocycles. The number of aliphatic imine (C=N–C) groups is 1. The van der Waals surface area contributed by atoms with Crippen molar-refractivity contribution in [3.63, 3.8) is 0 Å². The predicted molar refractivity (Wildman–Crippen MR) is 109 cm³/mol. The topological polar surface area (TPSA) is 74.2 Å². The number of benzene rings is 2. The lowest BCUT2D eigenvalue weighted by Crippen LogP contribution is -2.56. The summed E-state index contributed by atoms with van der Waals surface area (Å²) >= 11 is 6.18. The molecule has 0 unspecified atom stereocenters. The summed E-state index contributed by atoms with van der Waals surface area (Å²) in [5.41, 5.74) is 1.55. The second-order valence-corrected chi connectivity index (χ2v) is 7.44. The van der Waals surface area contributed by atoms with E-state index in [9.17, 15) is 9.90 Å². The molecule has 28 heavy (non-hydrogen) atoms. The molecule has 6 nitrogen and oxygen atoms in total. The van der Waals surface area contributed by atoms with Crippen molar-refractivity contribution in [1.82, 2.24) is 10.2 Å². The maximum Gasteiger partial charge on any atom is 0.308 e. The Bertz CT molecular complexity index is 931. The van der Waals surface area contributed by atoms with Crippen LogP contribution in [0.2, 0.25) is 5.02 Å². The van der Waals surface area contributed by atoms with Gasteiger partial charge in [0.1, 0.15) is 17.3 Å². The van der Waals surface area contributed by atoms with Crippen LogP contribution in [0.15, 0.2) is 47.5 Å². The number of nitrogens with zero attached hydrogens (tertiary/aromatic N) is 2. The molecule has 0 saturated carbocycles. The minimum Gasteiger partial charge on any atom is -0.481 e. The Labute approximate surface area is 168 Å². The Kier molecular flexibility index (Phi) is 5.24. The van der Waals surface area contributed by atoms with Crippen molar-refractivity contribution in [2.45, 2.75) is 19.4 Å². The van der Waals surface area contributed by atoms with Crippen LogP contribution in [-0.2, 0) is 4.79 Å². The van der Waals surface area contributed by atoms with Gasteiger partial charge >= 0.3 is 5.97 Å². The van der Waals surface area contributed by atoms with Gasteiger partial charge in [-0.05, 0) is 36.8 Å². The van der Waals surface area contributed by atoms with E-state index in [1.807, 2.05) is 37.3 Å². The van der Waals surface area contributed by atoms with Gasteiger partial charge in [0.15, 0.2) is 5.75 Å². The average Bonchev–Trinajstić information content (AvgIpc) is 2.85. The molecule has 0 bridgehead atoms. The van der Waals surface area contributed by atoms with E-state index >= 15 is 0 Å². The molecule has 2 aromatic rings. The first-order valence-corrected chi connectivity index (χ1v) is 9.81. The average molecular weight is 400 g/mol. The van der Waals surface area contributed by atoms with Crippen molar-refractivity contribution in [2.75, 3.05) is 19.6 Å². The normalized spacial score (nSPS) is 19.6. The molecule has 2 aliphatic heterocycles. The van der Waals surface area contributed by atoms with Crippen molar-refractivity contribution < 1.29 is 14.6 Å². The third kappa shape index (κ3) is 3.57. The van der Waals surface area contributed by atoms with Gasteiger partial charge in [-0.1, -0.05) is 30.7 Å². The quantitative estimate of drug-likeness (QED) is 0.818. The van der Waals surface area contributed by atoms with Crippen LogP contribution in [0.4, 0.5) is 5.69 Å². The Morgan fingerprint density at radius 3 is 2.96 bits per heavy atom. The molecule has 7 heteroatoms. The zero-order chi connectivity index (χ0) is 19.7. The molecule has 0 aromatic heterocycles. The predicted octanol–water partition coefficient (Wildman–Crippen LogP) is 3.91. The number of carbonyl (C=O) groups is 1. The highest BCUT2D eigenvalue weighted by atomic mass is 35.5. The van der Waals surface area contributed by atoms with Crippen LogP contribution < -0.4 is 10.1 Å². The van der Waals surface area contributed by atoms with E-state index in [0.717, 1.165) is 23.7 Å². The van der Waals surface area contributed by atoms with Crippen molar-refractivity contribution in [1.29, 1.82) is 0 Å². The van der Waals surface area contributed by atoms with Crippen molar-refractivity contribution in [2.24, 2.45) is 10.9 Å². The number of carboxylic acids is 1. The summed E-state index contributed by atoms with van der Waals surface area (Å²) in [6.45, 7) is 3.90. The highest BCUT2D eigenvalue weighted by Crippen LogP contribution is 2.39. The summed E-state index contributed by atoms with van der Waals surface area (Å²) < 4.78 is 6.10. The fraction of sp³-hybridized carbons (Fsp3) is 0.333. The zero-order valence-electron chi connectivity index (χ0n) is 15.6. The van der Waals surface area contributed by atoms with Gasteiger partial charge in [-0.25, -0.2) is 4.99 Å². The van der Waals surface area contributed by atoms with Gasteiger partial charge < -0.3 is 20.1 Å². The number of piperazine rings is 1. The molecule has 2 atom stereocenters. The number of carboxylic acid groups (broad SMARTS) is 1. The highest BCUT2D eigenvalue weighted by molar-refractivity contribution is 6.31. The van der Waals surface area contributed by atoms with Crippen LogP contribution in [0, 0.1) is 5.92 Å². The maximum atomic E-state index is 11.6. The number of para-hydroxylation sites is 1. The van der Waals surface area contributed by atoms with Gasteiger partial charge in [0.2, 0.25) is 0 Å². The Balaban J connectivity index is 1.75. The van der Waals surface area contributed by atoms with Crippen LogP contribution in [0.25, 0.3) is 0 Å². The summed E-state index contributed by atoms with van der Waals surface area (Å²) in [6, 6.07) is 13.0. The van der Waals surface area contributed by atoms with Crippen molar-refractivity contribution in [3.05, 3.63) is 53.1 Å². The number of nitrogens with one attached hydrogen (secondary N) is 1. The molecule has 1 saturated heterocycles. The number of hydrogen-bond donors (Lipinski definition) is 2. The van der Waals surface area contributed by atoms with Crippen molar-refractivity contribution in [3.8, 4) is 11.5 Å². The first-order valence-electron chi connectivity index (χ1n) is 9.43. The molecule has 146 valence electrons. The lowest BCUT2D eigenvalue weighted by Gasteiger charge is -2.38. The van der Waals surface area contributed by atoms with E-state index in [1.165, 1.54) is 0 Å². The molecule has 4 rings (SSSR count). The number of rotatable bonds is 3. The fourth-order valence-electron chi connectivity index (χ4n) is 3.81. The van der Waals surface area contributed by atoms with Crippen LogP contribution >= 0.6 is 11.6 Å². The third-order valence-electron chi connectivity index (χ3n) is 5.24. The van der Waals surface area contributed by atoms with E-state index in [2.05, 4.69) is 10.2 Å². The molecule has 2 N–H and O–H groups in total. The van der Waals surface area contributed by atoms with Gasteiger partial charge in [-0.3, -0.25) is 4.79 Å². The molecule has 2 aromatic carbocycles. The lowest BCUT2D eigenvalue weighted by atomic mass is 9.94. The van der Waals surface area contributed by atoms with Crippen LogP contribution in [0.1, 0.15) is 18.9 Å². The molecular formula is C21H22ClN3O3. The van der Waals surface area contributed by atoms with E-state index < -0.39 is 11.9 Å². The fourth-order valence-corrected chi connectivity index (χ4v) is 3.98. The van der Waals surface area contributed by atoms with E-state index in [-0.39, 0.29) is 6.04 Å². The minimum atomic E-state index is -0.773. The van der Waals surface area contributed by atoms with Gasteiger partial charge in [0.05, 0.1) is 11.5 Å². The summed E-state index contributed by atoms with van der Waals surface area (Å²) in [7, 11) is 0. The zero-order valence-corrected chi connectivity index (χ0v) is 16.3. The molecule has 0 radical (unpaired) electrons. The Morgan fingerprint density at radius 2 is 2.18 bits per heavy atom. The first kappa shape index (κ1) is 18.8. The molecule has 2 heterocycles. The molecule has 0 spiro atoms. The number of hydrogen-bond acceptors (Lipinski definition) is 5. The van der Waals surface area contributed by atoms with Crippen LogP contribution in [-0.4, -0.2) is 47.5 Å². The standard InChI is InChI=1S/C21H22ClN3O3/c1-2-14(21(26)27)17-12-25(10-9-23-17)20-15-5-3-4-6-18(15)28-19-8-7-13(22)11-16(19)24-20/h3-8,11,14,17,23H,2,9-10,12H2,1H3,(H,26,27)/t14-,17-/m1/s1. The summed E-state index contributed by atoms with van der Waals surface area (Å²) in [6.07, 6.45) is 0.575. The highest BCUT2D eigenvalue weighted by Gasteiger charge is 2.33. The molecule has 2 aliphatic rings. The Morgan fingerprint density at radius 1 is 1.36 bits per heavy atom. The Hall–Kier alpha value is -2.57. The molecule has 0 amide bonds. The second-order valence-electron chi connectivity index (χ2n) is 7.01. The number of ether oxygens (including phenoxy) is 1. The minimum absolute atomic E-state index is 0.144. The monoisotopic (exact) mass is 399 g/mol. The van der Waals surface area contributed by atoms with E-state index in [0.29, 0.717) is 36.0 Å².